The lowest BCUT2D eigenvalue weighted by atomic mass is 10.1. The fraction of sp³-hybridized carbons (Fsp3) is 0. The van der Waals surface area contributed by atoms with E-state index in [0.717, 1.165) is 23.6 Å². The highest BCUT2D eigenvalue weighted by Crippen LogP contribution is 2.28. The molecule has 0 aliphatic rings. The van der Waals surface area contributed by atoms with Gasteiger partial charge in [-0.2, -0.15) is 5.26 Å². The average Bonchev–Trinajstić information content (AvgIpc) is 2.50. The second-order valence-electron chi connectivity index (χ2n) is 4.32. The number of fused-ring (bicyclic) bond motifs is 1. The van der Waals surface area contributed by atoms with Crippen molar-refractivity contribution in [3.63, 3.8) is 0 Å². The molecule has 102 valence electrons. The van der Waals surface area contributed by atoms with E-state index in [1.54, 1.807) is 24.3 Å². The van der Waals surface area contributed by atoms with Crippen molar-refractivity contribution < 1.29 is 13.5 Å². The third-order valence-corrected chi connectivity index (χ3v) is 2.91. The standard InChI is InChI=1S/C16H8F2N2O/c17-12-5-6-13(18)15(8-12)21-16-11(9-19)7-10-3-1-2-4-14(10)20-16/h1-8H. The smallest absolute Gasteiger partial charge is 0.238 e. The Morgan fingerprint density at radius 1 is 1.05 bits per heavy atom. The van der Waals surface area contributed by atoms with Crippen molar-refractivity contribution in [3.8, 4) is 17.7 Å². The lowest BCUT2D eigenvalue weighted by Crippen LogP contribution is -1.95. The van der Waals surface area contributed by atoms with Gasteiger partial charge in [0.25, 0.3) is 0 Å². The quantitative estimate of drug-likeness (QED) is 0.708. The SMILES string of the molecule is N#Cc1cc2ccccc2nc1Oc1cc(F)ccc1F. The van der Waals surface area contributed by atoms with Crippen LogP contribution < -0.4 is 4.74 Å². The molecule has 2 aromatic carbocycles. The van der Waals surface area contributed by atoms with Crippen LogP contribution in [0.15, 0.2) is 48.5 Å². The van der Waals surface area contributed by atoms with Gasteiger partial charge in [-0.1, -0.05) is 18.2 Å². The van der Waals surface area contributed by atoms with Crippen LogP contribution in [-0.4, -0.2) is 4.98 Å². The van der Waals surface area contributed by atoms with E-state index in [9.17, 15) is 8.78 Å². The number of nitriles is 1. The van der Waals surface area contributed by atoms with Crippen LogP contribution in [0.25, 0.3) is 10.9 Å². The first kappa shape index (κ1) is 13.0. The summed E-state index contributed by atoms with van der Waals surface area (Å²) in [5.74, 6) is -1.73. The van der Waals surface area contributed by atoms with Gasteiger partial charge in [0.15, 0.2) is 11.6 Å². The summed E-state index contributed by atoms with van der Waals surface area (Å²) in [6.45, 7) is 0. The average molecular weight is 282 g/mol. The minimum Gasteiger partial charge on any atom is -0.434 e. The molecule has 3 aromatic rings. The minimum absolute atomic E-state index is 0.0549. The van der Waals surface area contributed by atoms with Gasteiger partial charge in [-0.25, -0.2) is 13.8 Å². The van der Waals surface area contributed by atoms with Crippen molar-refractivity contribution in [2.45, 2.75) is 0 Å². The van der Waals surface area contributed by atoms with Crippen LogP contribution in [0.3, 0.4) is 0 Å². The van der Waals surface area contributed by atoms with E-state index in [1.807, 2.05) is 12.1 Å². The van der Waals surface area contributed by atoms with Gasteiger partial charge in [-0.05, 0) is 24.3 Å². The summed E-state index contributed by atoms with van der Waals surface area (Å²) >= 11 is 0. The van der Waals surface area contributed by atoms with Crippen LogP contribution in [0.4, 0.5) is 8.78 Å². The largest absolute Gasteiger partial charge is 0.434 e. The third kappa shape index (κ3) is 2.51. The molecule has 0 fully saturated rings. The van der Waals surface area contributed by atoms with E-state index in [1.165, 1.54) is 0 Å². The van der Waals surface area contributed by atoms with E-state index in [-0.39, 0.29) is 17.2 Å². The Morgan fingerprint density at radius 3 is 2.67 bits per heavy atom. The molecule has 0 saturated heterocycles. The molecule has 0 aliphatic carbocycles. The maximum absolute atomic E-state index is 13.6. The summed E-state index contributed by atoms with van der Waals surface area (Å²) in [6.07, 6.45) is 0. The first-order chi connectivity index (χ1) is 10.2. The van der Waals surface area contributed by atoms with E-state index in [0.29, 0.717) is 5.52 Å². The first-order valence-corrected chi connectivity index (χ1v) is 6.10. The second-order valence-corrected chi connectivity index (χ2v) is 4.32. The number of halogens is 2. The molecule has 0 N–H and O–H groups in total. The molecule has 0 spiro atoms. The minimum atomic E-state index is -0.727. The van der Waals surface area contributed by atoms with Gasteiger partial charge in [0.05, 0.1) is 5.52 Å². The fourth-order valence-corrected chi connectivity index (χ4v) is 1.92. The predicted octanol–water partition coefficient (Wildman–Crippen LogP) is 4.18. The van der Waals surface area contributed by atoms with E-state index in [2.05, 4.69) is 4.98 Å². The summed E-state index contributed by atoms with van der Waals surface area (Å²) in [5.41, 5.74) is 0.751. The normalized spacial score (nSPS) is 10.3. The summed E-state index contributed by atoms with van der Waals surface area (Å²) < 4.78 is 32.0. The van der Waals surface area contributed by atoms with E-state index in [4.69, 9.17) is 10.00 Å². The zero-order chi connectivity index (χ0) is 14.8. The van der Waals surface area contributed by atoms with Crippen LogP contribution in [0, 0.1) is 23.0 Å². The highest BCUT2D eigenvalue weighted by atomic mass is 19.1. The molecule has 0 amide bonds. The molecule has 0 saturated carbocycles. The molecule has 0 bridgehead atoms. The molecule has 3 rings (SSSR count). The molecule has 0 radical (unpaired) electrons. The Hall–Kier alpha value is -3.00. The van der Waals surface area contributed by atoms with Gasteiger partial charge >= 0.3 is 0 Å². The molecule has 0 atom stereocenters. The summed E-state index contributed by atoms with van der Waals surface area (Å²) in [7, 11) is 0. The Balaban J connectivity index is 2.11. The van der Waals surface area contributed by atoms with Gasteiger partial charge in [0.2, 0.25) is 5.88 Å². The number of benzene rings is 2. The number of pyridine rings is 1. The Bertz CT molecular complexity index is 872. The van der Waals surface area contributed by atoms with Crippen molar-refractivity contribution in [2.24, 2.45) is 0 Å². The lowest BCUT2D eigenvalue weighted by molar-refractivity contribution is 0.423. The van der Waals surface area contributed by atoms with Gasteiger partial charge in [-0.3, -0.25) is 0 Å². The Labute approximate surface area is 119 Å². The number of rotatable bonds is 2. The fourth-order valence-electron chi connectivity index (χ4n) is 1.92. The zero-order valence-electron chi connectivity index (χ0n) is 10.7. The highest BCUT2D eigenvalue weighted by molar-refractivity contribution is 5.81. The molecule has 21 heavy (non-hydrogen) atoms. The zero-order valence-corrected chi connectivity index (χ0v) is 10.7. The van der Waals surface area contributed by atoms with E-state index >= 15 is 0 Å². The molecular weight excluding hydrogens is 274 g/mol. The van der Waals surface area contributed by atoms with E-state index < -0.39 is 11.6 Å². The number of hydrogen-bond acceptors (Lipinski definition) is 3. The molecule has 0 aliphatic heterocycles. The van der Waals surface area contributed by atoms with Gasteiger partial charge < -0.3 is 4.74 Å². The molecule has 1 aromatic heterocycles. The van der Waals surface area contributed by atoms with Crippen LogP contribution >= 0.6 is 0 Å². The highest BCUT2D eigenvalue weighted by Gasteiger charge is 2.12. The lowest BCUT2D eigenvalue weighted by Gasteiger charge is -2.08. The second kappa shape index (κ2) is 5.17. The molecule has 0 unspecified atom stereocenters. The van der Waals surface area contributed by atoms with Crippen molar-refractivity contribution in [1.29, 1.82) is 5.26 Å². The van der Waals surface area contributed by atoms with Crippen molar-refractivity contribution in [2.75, 3.05) is 0 Å². The van der Waals surface area contributed by atoms with Gasteiger partial charge in [-0.15, -0.1) is 0 Å². The number of hydrogen-bond donors (Lipinski definition) is 0. The number of para-hydroxylation sites is 1. The molecular formula is C16H8F2N2O. The molecule has 5 heteroatoms. The molecule has 3 nitrogen and oxygen atoms in total. The summed E-state index contributed by atoms with van der Waals surface area (Å²) in [6, 6.07) is 13.5. The predicted molar refractivity (Wildman–Crippen MR) is 72.9 cm³/mol. The maximum Gasteiger partial charge on any atom is 0.238 e. The number of nitrogens with zero attached hydrogens (tertiary/aromatic N) is 2. The van der Waals surface area contributed by atoms with Crippen LogP contribution in [-0.2, 0) is 0 Å². The van der Waals surface area contributed by atoms with Crippen LogP contribution in [0.1, 0.15) is 5.56 Å². The monoisotopic (exact) mass is 282 g/mol. The van der Waals surface area contributed by atoms with Crippen molar-refractivity contribution >= 4 is 10.9 Å². The number of ether oxygens (including phenoxy) is 1. The van der Waals surface area contributed by atoms with Crippen molar-refractivity contribution in [1.82, 2.24) is 4.98 Å². The third-order valence-electron chi connectivity index (χ3n) is 2.91. The van der Waals surface area contributed by atoms with Crippen molar-refractivity contribution in [3.05, 3.63) is 65.7 Å². The van der Waals surface area contributed by atoms with Gasteiger partial charge in [0, 0.05) is 11.5 Å². The topological polar surface area (TPSA) is 45.9 Å². The van der Waals surface area contributed by atoms with Crippen LogP contribution in [0.2, 0.25) is 0 Å². The Kier molecular flexibility index (Phi) is 3.20. The maximum atomic E-state index is 13.6. The Morgan fingerprint density at radius 2 is 1.86 bits per heavy atom. The first-order valence-electron chi connectivity index (χ1n) is 6.10. The molecule has 1 heterocycles. The van der Waals surface area contributed by atoms with Crippen LogP contribution in [0.5, 0.6) is 11.6 Å². The summed E-state index contributed by atoms with van der Waals surface area (Å²) in [4.78, 5) is 4.18. The number of aromatic nitrogens is 1. The summed E-state index contributed by atoms with van der Waals surface area (Å²) in [5, 5.41) is 9.91. The van der Waals surface area contributed by atoms with Gasteiger partial charge in [0.1, 0.15) is 17.4 Å².